The Kier molecular flexibility index (Phi) is 4.62. The third kappa shape index (κ3) is 3.08. The van der Waals surface area contributed by atoms with Crippen molar-refractivity contribution in [1.82, 2.24) is 0 Å². The molecule has 0 saturated heterocycles. The fraction of sp³-hybridized carbons (Fsp3) is 0.333. The molecule has 0 aliphatic carbocycles. The average molecular weight is 312 g/mol. The summed E-state index contributed by atoms with van der Waals surface area (Å²) >= 11 is 12.6. The van der Waals surface area contributed by atoms with E-state index in [1.165, 1.54) is 5.56 Å². The van der Waals surface area contributed by atoms with E-state index in [2.05, 4.69) is 44.0 Å². The minimum atomic E-state index is 0.378. The van der Waals surface area contributed by atoms with E-state index < -0.39 is 0 Å². The van der Waals surface area contributed by atoms with Gasteiger partial charge in [-0.15, -0.1) is 11.6 Å². The van der Waals surface area contributed by atoms with Gasteiger partial charge in [-0.05, 0) is 24.1 Å². The van der Waals surface area contributed by atoms with Gasteiger partial charge in [-0.1, -0.05) is 44.0 Å². The van der Waals surface area contributed by atoms with Crippen molar-refractivity contribution in [2.24, 2.45) is 0 Å². The van der Waals surface area contributed by atoms with Crippen LogP contribution in [0.4, 0.5) is 0 Å². The van der Waals surface area contributed by atoms with Crippen LogP contribution >= 0.6 is 43.5 Å². The lowest BCUT2D eigenvalue weighted by molar-refractivity contribution is 0.918. The van der Waals surface area contributed by atoms with Gasteiger partial charge in [0, 0.05) is 15.2 Å². The van der Waals surface area contributed by atoms with Crippen molar-refractivity contribution in [3.63, 3.8) is 0 Å². The first kappa shape index (κ1) is 10.6. The second-order valence-corrected chi connectivity index (χ2v) is 4.90. The highest BCUT2D eigenvalue weighted by Gasteiger charge is 2.05. The Morgan fingerprint density at radius 3 is 2.33 bits per heavy atom. The van der Waals surface area contributed by atoms with Crippen molar-refractivity contribution in [1.29, 1.82) is 0 Å². The van der Waals surface area contributed by atoms with Gasteiger partial charge in [0.15, 0.2) is 0 Å². The fourth-order valence-electron chi connectivity index (χ4n) is 0.934. The van der Waals surface area contributed by atoms with E-state index in [1.54, 1.807) is 0 Å². The molecule has 1 aromatic rings. The molecule has 0 N–H and O–H groups in total. The first-order valence-electron chi connectivity index (χ1n) is 3.69. The van der Waals surface area contributed by atoms with Gasteiger partial charge in [0.25, 0.3) is 0 Å². The lowest BCUT2D eigenvalue weighted by Crippen LogP contribution is -1.89. The maximum atomic E-state index is 5.64. The molecule has 1 unspecified atom stereocenters. The molecule has 1 atom stereocenters. The topological polar surface area (TPSA) is 0 Å². The summed E-state index contributed by atoms with van der Waals surface area (Å²) < 4.78 is 1.11. The van der Waals surface area contributed by atoms with Crippen molar-refractivity contribution in [3.05, 3.63) is 34.3 Å². The SMILES string of the molecule is ClCCC(Br)c1ccc(Br)cc1. The van der Waals surface area contributed by atoms with Gasteiger partial charge >= 0.3 is 0 Å². The predicted octanol–water partition coefficient (Wildman–Crippen LogP) is 4.51. The Bertz CT molecular complexity index is 233. The Labute approximate surface area is 94.6 Å². The largest absolute Gasteiger partial charge is 0.127 e. The van der Waals surface area contributed by atoms with Crippen molar-refractivity contribution in [2.45, 2.75) is 11.2 Å². The van der Waals surface area contributed by atoms with Crippen LogP contribution in [0.25, 0.3) is 0 Å². The molecular formula is C9H9Br2Cl. The van der Waals surface area contributed by atoms with Crippen LogP contribution in [0.15, 0.2) is 28.7 Å². The van der Waals surface area contributed by atoms with Crippen LogP contribution in [0.2, 0.25) is 0 Å². The molecule has 0 nitrogen and oxygen atoms in total. The summed E-state index contributed by atoms with van der Waals surface area (Å²) in [7, 11) is 0. The van der Waals surface area contributed by atoms with Gasteiger partial charge in [-0.25, -0.2) is 0 Å². The Morgan fingerprint density at radius 1 is 1.25 bits per heavy atom. The normalized spacial score (nSPS) is 12.9. The second kappa shape index (κ2) is 5.25. The van der Waals surface area contributed by atoms with Gasteiger partial charge in [0.05, 0.1) is 0 Å². The minimum absolute atomic E-state index is 0.378. The molecule has 0 radical (unpaired) electrons. The molecule has 0 fully saturated rings. The molecule has 1 aromatic carbocycles. The molecule has 0 spiro atoms. The van der Waals surface area contributed by atoms with Crippen molar-refractivity contribution < 1.29 is 0 Å². The van der Waals surface area contributed by atoms with Gasteiger partial charge in [0.2, 0.25) is 0 Å². The number of halogens is 3. The summed E-state index contributed by atoms with van der Waals surface area (Å²) in [5.41, 5.74) is 1.28. The molecule has 0 aliphatic heterocycles. The Balaban J connectivity index is 2.68. The molecule has 1 rings (SSSR count). The number of hydrogen-bond acceptors (Lipinski definition) is 0. The van der Waals surface area contributed by atoms with E-state index in [4.69, 9.17) is 11.6 Å². The van der Waals surface area contributed by atoms with Crippen LogP contribution in [0.1, 0.15) is 16.8 Å². The van der Waals surface area contributed by atoms with E-state index in [0.29, 0.717) is 10.7 Å². The van der Waals surface area contributed by atoms with Crippen LogP contribution < -0.4 is 0 Å². The zero-order valence-corrected chi connectivity index (χ0v) is 10.4. The first-order chi connectivity index (χ1) is 5.74. The summed E-state index contributed by atoms with van der Waals surface area (Å²) in [6.07, 6.45) is 0.961. The molecule has 0 aliphatic rings. The first-order valence-corrected chi connectivity index (χ1v) is 5.94. The van der Waals surface area contributed by atoms with Crippen LogP contribution in [0, 0.1) is 0 Å². The fourth-order valence-corrected chi connectivity index (χ4v) is 2.21. The van der Waals surface area contributed by atoms with Gasteiger partial charge < -0.3 is 0 Å². The van der Waals surface area contributed by atoms with Gasteiger partial charge in [0.1, 0.15) is 0 Å². The van der Waals surface area contributed by atoms with Crippen molar-refractivity contribution in [3.8, 4) is 0 Å². The van der Waals surface area contributed by atoms with Crippen LogP contribution in [0.3, 0.4) is 0 Å². The maximum absolute atomic E-state index is 5.64. The molecule has 3 heteroatoms. The summed E-state index contributed by atoms with van der Waals surface area (Å²) in [5.74, 6) is 0.686. The molecular weight excluding hydrogens is 303 g/mol. The predicted molar refractivity (Wildman–Crippen MR) is 61.1 cm³/mol. The van der Waals surface area contributed by atoms with E-state index >= 15 is 0 Å². The maximum Gasteiger partial charge on any atom is 0.0406 e. The monoisotopic (exact) mass is 310 g/mol. The highest BCUT2D eigenvalue weighted by Crippen LogP contribution is 2.27. The molecule has 0 heterocycles. The lowest BCUT2D eigenvalue weighted by atomic mass is 10.1. The standard InChI is InChI=1S/C9H9Br2Cl/c10-8-3-1-7(2-4-8)9(11)5-6-12/h1-4,9H,5-6H2. The second-order valence-electron chi connectivity index (χ2n) is 2.50. The van der Waals surface area contributed by atoms with Gasteiger partial charge in [-0.3, -0.25) is 0 Å². The van der Waals surface area contributed by atoms with Crippen LogP contribution in [-0.4, -0.2) is 5.88 Å². The quantitative estimate of drug-likeness (QED) is 0.720. The van der Waals surface area contributed by atoms with Crippen molar-refractivity contribution >= 4 is 43.5 Å². The average Bonchev–Trinajstić information content (AvgIpc) is 2.06. The number of benzene rings is 1. The molecule has 0 saturated carbocycles. The lowest BCUT2D eigenvalue weighted by Gasteiger charge is -2.07. The van der Waals surface area contributed by atoms with E-state index in [0.717, 1.165) is 10.9 Å². The van der Waals surface area contributed by atoms with Crippen LogP contribution in [0.5, 0.6) is 0 Å². The Hall–Kier alpha value is 0.470. The van der Waals surface area contributed by atoms with E-state index in [-0.39, 0.29) is 0 Å². The van der Waals surface area contributed by atoms with E-state index in [9.17, 15) is 0 Å². The number of hydrogen-bond donors (Lipinski definition) is 0. The number of alkyl halides is 2. The summed E-state index contributed by atoms with van der Waals surface area (Å²) in [4.78, 5) is 0.378. The summed E-state index contributed by atoms with van der Waals surface area (Å²) in [6.45, 7) is 0. The highest BCUT2D eigenvalue weighted by atomic mass is 79.9. The minimum Gasteiger partial charge on any atom is -0.127 e. The third-order valence-electron chi connectivity index (χ3n) is 1.59. The molecule has 0 aromatic heterocycles. The molecule has 12 heavy (non-hydrogen) atoms. The summed E-state index contributed by atoms with van der Waals surface area (Å²) in [5, 5.41) is 0. The zero-order valence-electron chi connectivity index (χ0n) is 6.43. The molecule has 0 amide bonds. The highest BCUT2D eigenvalue weighted by molar-refractivity contribution is 9.10. The zero-order chi connectivity index (χ0) is 8.97. The summed E-state index contributed by atoms with van der Waals surface area (Å²) in [6, 6.07) is 8.27. The molecule has 0 bridgehead atoms. The third-order valence-corrected chi connectivity index (χ3v) is 3.33. The van der Waals surface area contributed by atoms with Crippen LogP contribution in [-0.2, 0) is 0 Å². The molecule has 66 valence electrons. The van der Waals surface area contributed by atoms with E-state index in [1.807, 2.05) is 12.1 Å². The van der Waals surface area contributed by atoms with Gasteiger partial charge in [-0.2, -0.15) is 0 Å². The van der Waals surface area contributed by atoms with Crippen molar-refractivity contribution in [2.75, 3.05) is 5.88 Å². The number of rotatable bonds is 3. The Morgan fingerprint density at radius 2 is 1.83 bits per heavy atom. The smallest absolute Gasteiger partial charge is 0.0406 e.